The first-order valence-electron chi connectivity index (χ1n) is 15.2. The van der Waals surface area contributed by atoms with Gasteiger partial charge in [-0.05, 0) is 37.3 Å². The highest BCUT2D eigenvalue weighted by Gasteiger charge is 2.22. The number of nitrogens with zero attached hydrogens (tertiary/aromatic N) is 4. The third-order valence-corrected chi connectivity index (χ3v) is 8.30. The Bertz CT molecular complexity index is 2390. The molecule has 0 bridgehead atoms. The fourth-order valence-corrected chi connectivity index (χ4v) is 6.11. The maximum absolute atomic E-state index is 6.61. The summed E-state index contributed by atoms with van der Waals surface area (Å²) in [5.41, 5.74) is 9.67. The number of benzene rings is 4. The van der Waals surface area contributed by atoms with Crippen molar-refractivity contribution in [3.8, 4) is 33.9 Å². The first kappa shape index (κ1) is 27.4. The van der Waals surface area contributed by atoms with Crippen molar-refractivity contribution in [1.29, 1.82) is 0 Å². The summed E-state index contributed by atoms with van der Waals surface area (Å²) in [6.45, 7) is 6.16. The van der Waals surface area contributed by atoms with Gasteiger partial charge in [-0.25, -0.2) is 15.0 Å². The average molecular weight is 593 g/mol. The molecule has 4 aromatic carbocycles. The molecule has 0 aliphatic heterocycles. The summed E-state index contributed by atoms with van der Waals surface area (Å²) in [5, 5.41) is 3.05. The highest BCUT2D eigenvalue weighted by Crippen LogP contribution is 2.40. The molecular weight excluding hydrogens is 564 g/mol. The van der Waals surface area contributed by atoms with Crippen LogP contribution in [0.15, 0.2) is 145 Å². The second kappa shape index (κ2) is 11.4. The highest BCUT2D eigenvalue weighted by molar-refractivity contribution is 6.06. The fraction of sp³-hybridized carbons (Fsp3) is 0.0244. The molecule has 218 valence electrons. The molecule has 0 spiro atoms. The van der Waals surface area contributed by atoms with E-state index in [0.717, 1.165) is 77.7 Å². The summed E-state index contributed by atoms with van der Waals surface area (Å²) in [7, 11) is 0. The average Bonchev–Trinajstić information content (AvgIpc) is 3.51. The van der Waals surface area contributed by atoms with Gasteiger partial charge in [0.1, 0.15) is 11.3 Å². The Kier molecular flexibility index (Phi) is 6.77. The number of pyridine rings is 2. The van der Waals surface area contributed by atoms with Crippen LogP contribution >= 0.6 is 0 Å². The molecule has 46 heavy (non-hydrogen) atoms. The van der Waals surface area contributed by atoms with Crippen LogP contribution in [0.3, 0.4) is 0 Å². The van der Waals surface area contributed by atoms with Crippen LogP contribution in [0.25, 0.3) is 78.3 Å². The Balaban J connectivity index is 1.33. The van der Waals surface area contributed by atoms with Crippen molar-refractivity contribution in [2.24, 2.45) is 0 Å². The van der Waals surface area contributed by atoms with Gasteiger partial charge >= 0.3 is 0 Å². The van der Waals surface area contributed by atoms with Gasteiger partial charge in [0.2, 0.25) is 0 Å². The van der Waals surface area contributed by atoms with E-state index in [0.29, 0.717) is 11.6 Å². The summed E-state index contributed by atoms with van der Waals surface area (Å²) in [6, 6.07) is 40.8. The van der Waals surface area contributed by atoms with E-state index in [4.69, 9.17) is 19.4 Å². The molecule has 0 amide bonds. The minimum absolute atomic E-state index is 0.658. The number of hydrogen-bond donors (Lipinski definition) is 0. The van der Waals surface area contributed by atoms with Gasteiger partial charge in [0.25, 0.3) is 0 Å². The first-order chi connectivity index (χ1) is 22.7. The fourth-order valence-electron chi connectivity index (χ4n) is 6.11. The van der Waals surface area contributed by atoms with Crippen LogP contribution in [0.2, 0.25) is 0 Å². The van der Waals surface area contributed by atoms with Crippen LogP contribution in [0.4, 0.5) is 0 Å². The monoisotopic (exact) mass is 592 g/mol. The predicted molar refractivity (Wildman–Crippen MR) is 188 cm³/mol. The summed E-state index contributed by atoms with van der Waals surface area (Å²) in [4.78, 5) is 19.9. The maximum Gasteiger partial charge on any atom is 0.160 e. The lowest BCUT2D eigenvalue weighted by Gasteiger charge is -2.12. The maximum atomic E-state index is 6.61. The quantitative estimate of drug-likeness (QED) is 0.180. The van der Waals surface area contributed by atoms with Gasteiger partial charge in [0.15, 0.2) is 5.82 Å². The molecule has 0 aliphatic carbocycles. The first-order valence-corrected chi connectivity index (χ1v) is 15.2. The molecular formula is C41H28N4O. The van der Waals surface area contributed by atoms with Crippen molar-refractivity contribution in [3.63, 3.8) is 0 Å². The zero-order chi connectivity index (χ0) is 31.0. The summed E-state index contributed by atoms with van der Waals surface area (Å²) in [6.07, 6.45) is 5.66. The third kappa shape index (κ3) is 4.66. The largest absolute Gasteiger partial charge is 0.455 e. The number of furan rings is 1. The van der Waals surface area contributed by atoms with Crippen molar-refractivity contribution in [2.45, 2.75) is 6.92 Å². The van der Waals surface area contributed by atoms with Crippen molar-refractivity contribution in [2.75, 3.05) is 0 Å². The molecule has 0 N–H and O–H groups in total. The minimum Gasteiger partial charge on any atom is -0.455 e. The van der Waals surface area contributed by atoms with Gasteiger partial charge in [-0.3, -0.25) is 4.98 Å². The van der Waals surface area contributed by atoms with Crippen LogP contribution in [0.5, 0.6) is 0 Å². The van der Waals surface area contributed by atoms with Gasteiger partial charge in [-0.2, -0.15) is 0 Å². The van der Waals surface area contributed by atoms with Gasteiger partial charge in [0.05, 0.1) is 28.1 Å². The van der Waals surface area contributed by atoms with E-state index >= 15 is 0 Å². The predicted octanol–water partition coefficient (Wildman–Crippen LogP) is 10.4. The van der Waals surface area contributed by atoms with Crippen LogP contribution in [0, 0.1) is 0 Å². The summed E-state index contributed by atoms with van der Waals surface area (Å²) < 4.78 is 6.61. The molecule has 8 aromatic rings. The SMILES string of the molecule is C=Cc1oc2c(-c3ccc4ccc5cccnc5c4n3)cccc2c1/C(=C\C)c1cc(-c2ccccc2)nc(-c2ccccc2)n1. The third-order valence-electron chi connectivity index (χ3n) is 8.30. The van der Waals surface area contributed by atoms with Crippen LogP contribution < -0.4 is 0 Å². The lowest BCUT2D eigenvalue weighted by Crippen LogP contribution is -2.00. The van der Waals surface area contributed by atoms with E-state index in [2.05, 4.69) is 78.3 Å². The Morgan fingerprint density at radius 2 is 1.41 bits per heavy atom. The molecule has 4 heterocycles. The normalized spacial score (nSPS) is 11.8. The number of fused-ring (bicyclic) bond motifs is 4. The van der Waals surface area contributed by atoms with Crippen molar-refractivity contribution >= 4 is 44.4 Å². The molecule has 4 aromatic heterocycles. The number of rotatable bonds is 6. The molecule has 0 aliphatic rings. The molecule has 0 saturated heterocycles. The Labute approximate surface area is 266 Å². The Morgan fingerprint density at radius 1 is 0.674 bits per heavy atom. The lowest BCUT2D eigenvalue weighted by atomic mass is 9.96. The highest BCUT2D eigenvalue weighted by atomic mass is 16.3. The van der Waals surface area contributed by atoms with Crippen LogP contribution in [-0.4, -0.2) is 19.9 Å². The summed E-state index contributed by atoms with van der Waals surface area (Å²) in [5.74, 6) is 1.33. The van der Waals surface area contributed by atoms with E-state index in [1.54, 1.807) is 6.08 Å². The number of aromatic nitrogens is 4. The molecule has 5 heteroatoms. The number of allylic oxidation sites excluding steroid dienone is 1. The van der Waals surface area contributed by atoms with Gasteiger partial charge in [-0.1, -0.05) is 110 Å². The van der Waals surface area contributed by atoms with E-state index in [1.165, 1.54) is 0 Å². The van der Waals surface area contributed by atoms with E-state index in [9.17, 15) is 0 Å². The van der Waals surface area contributed by atoms with Gasteiger partial charge in [0, 0.05) is 50.2 Å². The molecule has 0 radical (unpaired) electrons. The smallest absolute Gasteiger partial charge is 0.160 e. The zero-order valence-electron chi connectivity index (χ0n) is 25.2. The second-order valence-electron chi connectivity index (χ2n) is 11.0. The van der Waals surface area contributed by atoms with Crippen molar-refractivity contribution in [3.05, 3.63) is 157 Å². The van der Waals surface area contributed by atoms with Gasteiger partial charge < -0.3 is 4.42 Å². The van der Waals surface area contributed by atoms with E-state index in [1.807, 2.05) is 73.8 Å². The lowest BCUT2D eigenvalue weighted by molar-refractivity contribution is 0.604. The standard InChI is InChI=1S/C41H28N4O/c1-3-30(35-25-34(26-13-7-5-8-14-26)44-41(45-35)29-15-9-6-10-16-29)37-32-19-11-18-31(40(32)46-36(37)4-2)33-23-22-28-21-20-27-17-12-24-42-38(27)39(28)43-33/h3-25H,2H2,1H3/b30-3-. The van der Waals surface area contributed by atoms with Gasteiger partial charge in [-0.15, -0.1) is 0 Å². The molecule has 8 rings (SSSR count). The molecule has 0 fully saturated rings. The van der Waals surface area contributed by atoms with E-state index < -0.39 is 0 Å². The molecule has 5 nitrogen and oxygen atoms in total. The van der Waals surface area contributed by atoms with E-state index in [-0.39, 0.29) is 0 Å². The molecule has 0 unspecified atom stereocenters. The zero-order valence-corrected chi connectivity index (χ0v) is 25.2. The van der Waals surface area contributed by atoms with Crippen LogP contribution in [-0.2, 0) is 0 Å². The number of hydrogen-bond acceptors (Lipinski definition) is 5. The molecule has 0 saturated carbocycles. The Hall–Kier alpha value is -6.20. The second-order valence-corrected chi connectivity index (χ2v) is 11.0. The minimum atomic E-state index is 0.658. The van der Waals surface area contributed by atoms with Crippen molar-refractivity contribution in [1.82, 2.24) is 19.9 Å². The molecule has 0 atom stereocenters. The number of para-hydroxylation sites is 1. The van der Waals surface area contributed by atoms with Crippen LogP contribution in [0.1, 0.15) is 23.9 Å². The topological polar surface area (TPSA) is 64.7 Å². The Morgan fingerprint density at radius 3 is 2.17 bits per heavy atom. The summed E-state index contributed by atoms with van der Waals surface area (Å²) >= 11 is 0. The van der Waals surface area contributed by atoms with Crippen molar-refractivity contribution < 1.29 is 4.42 Å².